The molecule has 0 atom stereocenters. The van der Waals surface area contributed by atoms with E-state index in [0.717, 1.165) is 49.3 Å². The largest absolute Gasteiger partial charge is 0.334 e. The van der Waals surface area contributed by atoms with Crippen molar-refractivity contribution in [2.75, 3.05) is 31.1 Å². The molecule has 2 aliphatic rings. The number of nitrogens with zero attached hydrogens (tertiary/aromatic N) is 4. The van der Waals surface area contributed by atoms with Gasteiger partial charge in [-0.15, -0.1) is 0 Å². The fourth-order valence-corrected chi connectivity index (χ4v) is 5.60. The van der Waals surface area contributed by atoms with Gasteiger partial charge < -0.3 is 5.32 Å². The van der Waals surface area contributed by atoms with Crippen LogP contribution in [0.2, 0.25) is 10.0 Å². The lowest BCUT2D eigenvalue weighted by molar-refractivity contribution is 0.180. The van der Waals surface area contributed by atoms with Gasteiger partial charge in [-0.05, 0) is 85.1 Å². The molecule has 5 rings (SSSR count). The first-order valence-electron chi connectivity index (χ1n) is 12.4. The molecule has 3 heterocycles. The molecule has 6 nitrogen and oxygen atoms in total. The summed E-state index contributed by atoms with van der Waals surface area (Å²) in [6.07, 6.45) is 7.28. The fourth-order valence-electron chi connectivity index (χ4n) is 5.29. The maximum Gasteiger partial charge on any atom is 0.322 e. The number of hydrogen-bond donors (Lipinski definition) is 1. The molecule has 194 valence electrons. The standard InChI is InChI=1S/C29H26Cl2FN5O/c30-24-5-3-20(15-25(24)31)2-1-11-36-12-8-29(9-13-36)19-37(26-6-4-21(17-33)14-23(26)29)28(38)35-18-22-7-10-34-27(32)16-22/h1-7,10,14-16H,8-9,11-13,18-19H2,(H,35,38)/b2-1+. The summed E-state index contributed by atoms with van der Waals surface area (Å²) < 4.78 is 13.4. The van der Waals surface area contributed by atoms with Crippen LogP contribution in [0.1, 0.15) is 35.1 Å². The van der Waals surface area contributed by atoms with Crippen molar-refractivity contribution in [2.45, 2.75) is 24.8 Å². The summed E-state index contributed by atoms with van der Waals surface area (Å²) in [6.45, 7) is 3.28. The Morgan fingerprint density at radius 2 is 1.95 bits per heavy atom. The number of fused-ring (bicyclic) bond motifs is 2. The zero-order valence-electron chi connectivity index (χ0n) is 20.6. The van der Waals surface area contributed by atoms with Crippen LogP contribution in [0.3, 0.4) is 0 Å². The number of hydrogen-bond acceptors (Lipinski definition) is 4. The van der Waals surface area contributed by atoms with Crippen LogP contribution in [-0.2, 0) is 12.0 Å². The van der Waals surface area contributed by atoms with E-state index < -0.39 is 5.95 Å². The monoisotopic (exact) mass is 549 g/mol. The number of nitriles is 1. The van der Waals surface area contributed by atoms with Gasteiger partial charge in [0.1, 0.15) is 0 Å². The van der Waals surface area contributed by atoms with E-state index in [1.165, 1.54) is 12.3 Å². The van der Waals surface area contributed by atoms with E-state index in [9.17, 15) is 14.4 Å². The van der Waals surface area contributed by atoms with Crippen molar-refractivity contribution in [2.24, 2.45) is 0 Å². The SMILES string of the molecule is N#Cc1ccc2c(c1)C1(CCN(C/C=C/c3ccc(Cl)c(Cl)c3)CC1)CN2C(=O)NCc1ccnc(F)c1. The van der Waals surface area contributed by atoms with Gasteiger partial charge in [0.15, 0.2) is 0 Å². The number of amides is 2. The van der Waals surface area contributed by atoms with Gasteiger partial charge >= 0.3 is 6.03 Å². The van der Waals surface area contributed by atoms with Crippen molar-refractivity contribution < 1.29 is 9.18 Å². The quantitative estimate of drug-likeness (QED) is 0.386. The molecule has 0 bridgehead atoms. The molecule has 2 aromatic carbocycles. The van der Waals surface area contributed by atoms with E-state index in [1.54, 1.807) is 23.1 Å². The minimum atomic E-state index is -0.579. The number of halogens is 3. The Balaban J connectivity index is 1.27. The number of urea groups is 1. The molecule has 1 aromatic heterocycles. The topological polar surface area (TPSA) is 72.3 Å². The van der Waals surface area contributed by atoms with E-state index in [0.29, 0.717) is 27.7 Å². The third-order valence-corrected chi connectivity index (χ3v) is 8.10. The van der Waals surface area contributed by atoms with Crippen molar-refractivity contribution in [1.29, 1.82) is 5.26 Å². The number of pyridine rings is 1. The van der Waals surface area contributed by atoms with Gasteiger partial charge in [0.25, 0.3) is 0 Å². The molecule has 2 amide bonds. The van der Waals surface area contributed by atoms with Gasteiger partial charge in [0, 0.05) is 36.9 Å². The average molecular weight is 550 g/mol. The highest BCUT2D eigenvalue weighted by molar-refractivity contribution is 6.42. The third-order valence-electron chi connectivity index (χ3n) is 7.36. The molecule has 0 unspecified atom stereocenters. The van der Waals surface area contributed by atoms with Crippen molar-refractivity contribution in [1.82, 2.24) is 15.2 Å². The number of benzene rings is 2. The van der Waals surface area contributed by atoms with Gasteiger partial charge in [-0.2, -0.15) is 9.65 Å². The molecule has 3 aromatic rings. The number of rotatable bonds is 5. The molecular formula is C29H26Cl2FN5O. The number of nitrogens with one attached hydrogen (secondary N) is 1. The van der Waals surface area contributed by atoms with Gasteiger partial charge in [0.2, 0.25) is 5.95 Å². The second kappa shape index (κ2) is 11.1. The fraction of sp³-hybridized carbons (Fsp3) is 0.276. The van der Waals surface area contributed by atoms with Crippen LogP contribution in [0, 0.1) is 17.3 Å². The number of carbonyl (C=O) groups excluding carboxylic acids is 1. The highest BCUT2D eigenvalue weighted by Crippen LogP contribution is 2.47. The first-order chi connectivity index (χ1) is 18.4. The Morgan fingerprint density at radius 1 is 1.13 bits per heavy atom. The normalized spacial score (nSPS) is 16.5. The number of aromatic nitrogens is 1. The molecule has 9 heteroatoms. The highest BCUT2D eigenvalue weighted by atomic mass is 35.5. The maximum absolute atomic E-state index is 13.4. The number of piperidine rings is 1. The summed E-state index contributed by atoms with van der Waals surface area (Å²) in [4.78, 5) is 20.9. The molecule has 1 N–H and O–H groups in total. The van der Waals surface area contributed by atoms with Gasteiger partial charge in [0.05, 0.1) is 21.7 Å². The molecule has 2 aliphatic heterocycles. The zero-order chi connectivity index (χ0) is 26.7. The molecule has 1 spiro atoms. The predicted octanol–water partition coefficient (Wildman–Crippen LogP) is 6.18. The second-order valence-corrected chi connectivity index (χ2v) is 10.5. The minimum absolute atomic E-state index is 0.201. The first-order valence-corrected chi connectivity index (χ1v) is 13.2. The molecule has 0 aliphatic carbocycles. The molecule has 0 radical (unpaired) electrons. The lowest BCUT2D eigenvalue weighted by Crippen LogP contribution is -2.47. The van der Waals surface area contributed by atoms with E-state index >= 15 is 0 Å². The number of anilines is 1. The third kappa shape index (κ3) is 5.53. The molecule has 1 fully saturated rings. The second-order valence-electron chi connectivity index (χ2n) is 9.73. The van der Waals surface area contributed by atoms with E-state index in [4.69, 9.17) is 23.2 Å². The first kappa shape index (κ1) is 26.2. The predicted molar refractivity (Wildman–Crippen MR) is 148 cm³/mol. The van der Waals surface area contributed by atoms with Crippen molar-refractivity contribution >= 4 is 41.0 Å². The summed E-state index contributed by atoms with van der Waals surface area (Å²) in [5, 5.41) is 13.5. The summed E-state index contributed by atoms with van der Waals surface area (Å²) in [7, 11) is 0. The summed E-state index contributed by atoms with van der Waals surface area (Å²) in [6, 6.07) is 16.1. The Hall–Kier alpha value is -3.44. The highest BCUT2D eigenvalue weighted by Gasteiger charge is 2.46. The Kier molecular flexibility index (Phi) is 7.66. The van der Waals surface area contributed by atoms with Crippen molar-refractivity contribution in [3.63, 3.8) is 0 Å². The van der Waals surface area contributed by atoms with Crippen LogP contribution in [0.5, 0.6) is 0 Å². The average Bonchev–Trinajstić information content (AvgIpc) is 3.23. The molecule has 38 heavy (non-hydrogen) atoms. The molecule has 0 saturated carbocycles. The number of carbonyl (C=O) groups is 1. The summed E-state index contributed by atoms with van der Waals surface area (Å²) >= 11 is 12.1. The van der Waals surface area contributed by atoms with Crippen molar-refractivity contribution in [3.05, 3.63) is 99.1 Å². The smallest absolute Gasteiger partial charge is 0.322 e. The van der Waals surface area contributed by atoms with Gasteiger partial charge in [-0.3, -0.25) is 9.80 Å². The minimum Gasteiger partial charge on any atom is -0.334 e. The van der Waals surface area contributed by atoms with Gasteiger partial charge in [-0.1, -0.05) is 41.4 Å². The van der Waals surface area contributed by atoms with Crippen molar-refractivity contribution in [3.8, 4) is 6.07 Å². The van der Waals surface area contributed by atoms with Crippen LogP contribution in [0.25, 0.3) is 6.08 Å². The lowest BCUT2D eigenvalue weighted by atomic mass is 9.74. The summed E-state index contributed by atoms with van der Waals surface area (Å²) in [5.74, 6) is -0.579. The zero-order valence-corrected chi connectivity index (χ0v) is 22.1. The van der Waals surface area contributed by atoms with Gasteiger partial charge in [-0.25, -0.2) is 9.78 Å². The maximum atomic E-state index is 13.4. The molecule has 1 saturated heterocycles. The van der Waals surface area contributed by atoms with E-state index in [2.05, 4.69) is 27.3 Å². The summed E-state index contributed by atoms with van der Waals surface area (Å²) in [5.41, 5.74) is 3.89. The Morgan fingerprint density at radius 3 is 2.68 bits per heavy atom. The van der Waals surface area contributed by atoms with Crippen LogP contribution in [-0.4, -0.2) is 42.1 Å². The van der Waals surface area contributed by atoms with Crippen LogP contribution < -0.4 is 10.2 Å². The van der Waals surface area contributed by atoms with Crippen LogP contribution >= 0.6 is 23.2 Å². The Bertz CT molecular complexity index is 1430. The van der Waals surface area contributed by atoms with Crippen LogP contribution in [0.15, 0.2) is 60.8 Å². The Labute approximate surface area is 231 Å². The van der Waals surface area contributed by atoms with E-state index in [-0.39, 0.29) is 18.0 Å². The van der Waals surface area contributed by atoms with E-state index in [1.807, 2.05) is 30.3 Å². The molecular weight excluding hydrogens is 524 g/mol. The van der Waals surface area contributed by atoms with Crippen LogP contribution in [0.4, 0.5) is 14.9 Å². The lowest BCUT2D eigenvalue weighted by Gasteiger charge is -2.39. The number of likely N-dealkylation sites (tertiary alicyclic amines) is 1.